The van der Waals surface area contributed by atoms with Gasteiger partial charge in [-0.3, -0.25) is 0 Å². The van der Waals surface area contributed by atoms with Crippen LogP contribution in [0, 0.1) is 13.8 Å². The minimum atomic E-state index is -0.00861. The van der Waals surface area contributed by atoms with Crippen molar-refractivity contribution in [1.29, 1.82) is 0 Å². The second-order valence-electron chi connectivity index (χ2n) is 4.20. The fourth-order valence-corrected chi connectivity index (χ4v) is 2.99. The lowest BCUT2D eigenvalue weighted by molar-refractivity contribution is 0.276. The van der Waals surface area contributed by atoms with Gasteiger partial charge >= 0.3 is 0 Å². The molecule has 0 unspecified atom stereocenters. The van der Waals surface area contributed by atoms with E-state index in [0.29, 0.717) is 0 Å². The van der Waals surface area contributed by atoms with E-state index in [9.17, 15) is 5.11 Å². The van der Waals surface area contributed by atoms with Crippen LogP contribution < -0.4 is 0 Å². The average Bonchev–Trinajstić information content (AvgIpc) is 2.91. The molecule has 5 heteroatoms. The molecule has 92 valence electrons. The summed E-state index contributed by atoms with van der Waals surface area (Å²) in [6.45, 7) is 4.02. The Kier molecular flexibility index (Phi) is 2.65. The molecule has 0 amide bonds. The van der Waals surface area contributed by atoms with Crippen LogP contribution in [0.4, 0.5) is 0 Å². The van der Waals surface area contributed by atoms with Gasteiger partial charge in [0, 0.05) is 11.8 Å². The number of hydrogen-bond acceptors (Lipinski definition) is 4. The van der Waals surface area contributed by atoms with Crippen molar-refractivity contribution in [1.82, 2.24) is 14.4 Å². The molecule has 0 aliphatic rings. The molecule has 0 aliphatic heterocycles. The van der Waals surface area contributed by atoms with Gasteiger partial charge in [-0.1, -0.05) is 0 Å². The number of imidazole rings is 1. The molecule has 18 heavy (non-hydrogen) atoms. The van der Waals surface area contributed by atoms with Gasteiger partial charge in [0.05, 0.1) is 34.1 Å². The van der Waals surface area contributed by atoms with Crippen molar-refractivity contribution in [2.45, 2.75) is 20.5 Å². The molecule has 0 bridgehead atoms. The van der Waals surface area contributed by atoms with Crippen LogP contribution in [0.3, 0.4) is 0 Å². The van der Waals surface area contributed by atoms with E-state index in [1.165, 1.54) is 4.88 Å². The van der Waals surface area contributed by atoms with Crippen molar-refractivity contribution in [2.24, 2.45) is 0 Å². The van der Waals surface area contributed by atoms with Gasteiger partial charge in [-0.05, 0) is 26.0 Å². The highest BCUT2D eigenvalue weighted by molar-refractivity contribution is 7.15. The molecular weight excluding hydrogens is 246 g/mol. The molecule has 3 aromatic rings. The largest absolute Gasteiger partial charge is 0.390 e. The number of aromatic nitrogens is 3. The fourth-order valence-electron chi connectivity index (χ4n) is 2.08. The molecule has 0 fully saturated rings. The lowest BCUT2D eigenvalue weighted by Gasteiger charge is -2.02. The van der Waals surface area contributed by atoms with Gasteiger partial charge in [0.1, 0.15) is 5.65 Å². The molecular formula is C13H13N3OS. The normalized spacial score (nSPS) is 11.3. The van der Waals surface area contributed by atoms with Gasteiger partial charge in [0.2, 0.25) is 0 Å². The highest BCUT2D eigenvalue weighted by Gasteiger charge is 2.09. The number of rotatable bonds is 2. The number of nitrogens with zero attached hydrogens (tertiary/aromatic N) is 3. The molecule has 0 atom stereocenters. The molecule has 3 heterocycles. The molecule has 4 nitrogen and oxygen atoms in total. The summed E-state index contributed by atoms with van der Waals surface area (Å²) in [5.41, 5.74) is 3.80. The number of pyridine rings is 1. The number of aliphatic hydroxyl groups excluding tert-OH is 1. The van der Waals surface area contributed by atoms with Crippen molar-refractivity contribution in [3.8, 4) is 10.4 Å². The van der Waals surface area contributed by atoms with E-state index >= 15 is 0 Å². The van der Waals surface area contributed by atoms with Crippen LogP contribution in [-0.4, -0.2) is 19.5 Å². The molecule has 0 saturated carbocycles. The first kappa shape index (κ1) is 11.4. The summed E-state index contributed by atoms with van der Waals surface area (Å²) in [5, 5.41) is 10.3. The Labute approximate surface area is 109 Å². The average molecular weight is 259 g/mol. The third-order valence-corrected chi connectivity index (χ3v) is 4.03. The minimum absolute atomic E-state index is 0.00861. The molecule has 0 saturated heterocycles. The van der Waals surface area contributed by atoms with Crippen molar-refractivity contribution in [2.75, 3.05) is 0 Å². The lowest BCUT2D eigenvalue weighted by atomic mass is 10.2. The quantitative estimate of drug-likeness (QED) is 0.769. The van der Waals surface area contributed by atoms with Crippen molar-refractivity contribution in [3.05, 3.63) is 40.9 Å². The maximum absolute atomic E-state index is 9.27. The Balaban J connectivity index is 2.20. The van der Waals surface area contributed by atoms with E-state index < -0.39 is 0 Å². The van der Waals surface area contributed by atoms with E-state index in [0.717, 1.165) is 27.6 Å². The van der Waals surface area contributed by atoms with Gasteiger partial charge in [-0.15, -0.1) is 11.3 Å². The van der Waals surface area contributed by atoms with Gasteiger partial charge in [0.15, 0.2) is 0 Å². The zero-order valence-corrected chi connectivity index (χ0v) is 11.0. The standard InChI is InChI=1S/C13H13N3OS/c1-8-13(18-9(2)15-8)10-3-4-12-14-5-11(7-17)16(12)6-10/h3-6,17H,7H2,1-2H3. The molecule has 0 radical (unpaired) electrons. The van der Waals surface area contributed by atoms with Crippen LogP contribution in [0.2, 0.25) is 0 Å². The SMILES string of the molecule is Cc1nc(C)c(-c2ccc3ncc(CO)n3c2)s1. The summed E-state index contributed by atoms with van der Waals surface area (Å²) in [5.74, 6) is 0. The van der Waals surface area contributed by atoms with E-state index in [2.05, 4.69) is 9.97 Å². The topological polar surface area (TPSA) is 50.4 Å². The van der Waals surface area contributed by atoms with Crippen LogP contribution in [0.5, 0.6) is 0 Å². The summed E-state index contributed by atoms with van der Waals surface area (Å²) in [4.78, 5) is 9.86. The third kappa shape index (κ3) is 1.72. The fraction of sp³-hybridized carbons (Fsp3) is 0.231. The second kappa shape index (κ2) is 4.19. The molecule has 0 spiro atoms. The number of hydrogen-bond donors (Lipinski definition) is 1. The lowest BCUT2D eigenvalue weighted by Crippen LogP contribution is -1.92. The summed E-state index contributed by atoms with van der Waals surface area (Å²) in [6.07, 6.45) is 3.71. The van der Waals surface area contributed by atoms with Crippen LogP contribution >= 0.6 is 11.3 Å². The van der Waals surface area contributed by atoms with E-state index in [1.807, 2.05) is 36.6 Å². The van der Waals surface area contributed by atoms with Crippen LogP contribution in [-0.2, 0) is 6.61 Å². The predicted molar refractivity (Wildman–Crippen MR) is 71.7 cm³/mol. The number of thiazole rings is 1. The Morgan fingerprint density at radius 3 is 2.83 bits per heavy atom. The first-order chi connectivity index (χ1) is 8.69. The van der Waals surface area contributed by atoms with Gasteiger partial charge in [-0.25, -0.2) is 9.97 Å². The Morgan fingerprint density at radius 1 is 1.33 bits per heavy atom. The maximum Gasteiger partial charge on any atom is 0.136 e. The van der Waals surface area contributed by atoms with Crippen molar-refractivity contribution < 1.29 is 5.11 Å². The van der Waals surface area contributed by atoms with E-state index in [-0.39, 0.29) is 6.61 Å². The van der Waals surface area contributed by atoms with Crippen LogP contribution in [0.15, 0.2) is 24.5 Å². The summed E-state index contributed by atoms with van der Waals surface area (Å²) < 4.78 is 1.92. The first-order valence-electron chi connectivity index (χ1n) is 5.70. The van der Waals surface area contributed by atoms with Gasteiger partial charge in [-0.2, -0.15) is 0 Å². The van der Waals surface area contributed by atoms with E-state index in [4.69, 9.17) is 0 Å². The smallest absolute Gasteiger partial charge is 0.136 e. The second-order valence-corrected chi connectivity index (χ2v) is 5.40. The Hall–Kier alpha value is -1.72. The van der Waals surface area contributed by atoms with Crippen LogP contribution in [0.25, 0.3) is 16.1 Å². The number of aliphatic hydroxyl groups is 1. The van der Waals surface area contributed by atoms with Gasteiger partial charge in [0.25, 0.3) is 0 Å². The highest BCUT2D eigenvalue weighted by atomic mass is 32.1. The predicted octanol–water partition coefficient (Wildman–Crippen LogP) is 2.57. The molecule has 1 N–H and O–H groups in total. The Bertz CT molecular complexity index is 714. The van der Waals surface area contributed by atoms with Gasteiger partial charge < -0.3 is 9.51 Å². The first-order valence-corrected chi connectivity index (χ1v) is 6.52. The minimum Gasteiger partial charge on any atom is -0.390 e. The molecule has 0 aromatic carbocycles. The third-order valence-electron chi connectivity index (χ3n) is 2.91. The zero-order valence-electron chi connectivity index (χ0n) is 10.2. The highest BCUT2D eigenvalue weighted by Crippen LogP contribution is 2.29. The maximum atomic E-state index is 9.27. The van der Waals surface area contributed by atoms with Crippen molar-refractivity contribution in [3.63, 3.8) is 0 Å². The molecule has 0 aliphatic carbocycles. The van der Waals surface area contributed by atoms with E-state index in [1.54, 1.807) is 17.5 Å². The number of fused-ring (bicyclic) bond motifs is 1. The van der Waals surface area contributed by atoms with Crippen LogP contribution in [0.1, 0.15) is 16.4 Å². The molecule has 3 aromatic heterocycles. The zero-order chi connectivity index (χ0) is 12.7. The summed E-state index contributed by atoms with van der Waals surface area (Å²) in [7, 11) is 0. The number of aryl methyl sites for hydroxylation is 2. The molecule has 3 rings (SSSR count). The summed E-state index contributed by atoms with van der Waals surface area (Å²) >= 11 is 1.68. The Morgan fingerprint density at radius 2 is 2.17 bits per heavy atom. The summed E-state index contributed by atoms with van der Waals surface area (Å²) in [6, 6.07) is 4.01. The van der Waals surface area contributed by atoms with Crippen molar-refractivity contribution >= 4 is 17.0 Å². The monoisotopic (exact) mass is 259 g/mol.